The van der Waals surface area contributed by atoms with E-state index in [9.17, 15) is 5.11 Å². The number of aryl methyl sites for hydroxylation is 1. The Kier molecular flexibility index (Phi) is 5.12. The van der Waals surface area contributed by atoms with Crippen molar-refractivity contribution in [2.75, 3.05) is 6.61 Å². The molecule has 1 aromatic carbocycles. The molecule has 0 spiro atoms. The fraction of sp³-hybridized carbons (Fsp3) is 0.467. The summed E-state index contributed by atoms with van der Waals surface area (Å²) in [5, 5.41) is 17.4. The highest BCUT2D eigenvalue weighted by Crippen LogP contribution is 2.18. The lowest BCUT2D eigenvalue weighted by Crippen LogP contribution is -2.10. The highest BCUT2D eigenvalue weighted by Gasteiger charge is 2.14. The molecule has 0 saturated carbocycles. The molecular formula is C15H21N3O2. The van der Waals surface area contributed by atoms with Gasteiger partial charge in [0.15, 0.2) is 0 Å². The zero-order valence-corrected chi connectivity index (χ0v) is 12.0. The lowest BCUT2D eigenvalue weighted by molar-refractivity contribution is 0.274. The van der Waals surface area contributed by atoms with E-state index in [2.05, 4.69) is 24.2 Å². The molecule has 0 unspecified atom stereocenters. The van der Waals surface area contributed by atoms with E-state index in [0.29, 0.717) is 18.2 Å². The van der Waals surface area contributed by atoms with Crippen LogP contribution in [0.3, 0.4) is 0 Å². The van der Waals surface area contributed by atoms with Gasteiger partial charge in [0.05, 0.1) is 18.9 Å². The molecule has 1 heterocycles. The van der Waals surface area contributed by atoms with Crippen LogP contribution >= 0.6 is 0 Å². The van der Waals surface area contributed by atoms with Gasteiger partial charge in [0.1, 0.15) is 11.4 Å². The molecular weight excluding hydrogens is 254 g/mol. The largest absolute Gasteiger partial charge is 0.494 e. The molecule has 0 fully saturated rings. The molecule has 2 aromatic rings. The Morgan fingerprint density at radius 3 is 2.65 bits per heavy atom. The van der Waals surface area contributed by atoms with Gasteiger partial charge in [-0.1, -0.05) is 37.3 Å². The average molecular weight is 275 g/mol. The molecule has 20 heavy (non-hydrogen) atoms. The first-order valence-corrected chi connectivity index (χ1v) is 6.93. The summed E-state index contributed by atoms with van der Waals surface area (Å²) < 4.78 is 7.52. The maximum absolute atomic E-state index is 9.26. The summed E-state index contributed by atoms with van der Waals surface area (Å²) in [7, 11) is 0. The number of ether oxygens (including phenoxy) is 1. The summed E-state index contributed by atoms with van der Waals surface area (Å²) >= 11 is 0. The van der Waals surface area contributed by atoms with Crippen LogP contribution in [0.1, 0.15) is 37.6 Å². The van der Waals surface area contributed by atoms with Gasteiger partial charge in [-0.3, -0.25) is 0 Å². The Balaban J connectivity index is 1.87. The second-order valence-corrected chi connectivity index (χ2v) is 4.97. The highest BCUT2D eigenvalue weighted by atomic mass is 16.5. The second kappa shape index (κ2) is 7.05. The molecule has 0 bridgehead atoms. The molecule has 0 saturated heterocycles. The van der Waals surface area contributed by atoms with Crippen molar-refractivity contribution in [2.45, 2.75) is 39.3 Å². The maximum atomic E-state index is 9.26. The van der Waals surface area contributed by atoms with Crippen molar-refractivity contribution >= 4 is 0 Å². The quantitative estimate of drug-likeness (QED) is 0.788. The van der Waals surface area contributed by atoms with Gasteiger partial charge in [0.2, 0.25) is 0 Å². The van der Waals surface area contributed by atoms with E-state index in [1.165, 1.54) is 0 Å². The predicted molar refractivity (Wildman–Crippen MR) is 76.6 cm³/mol. The average Bonchev–Trinajstić information content (AvgIpc) is 2.88. The van der Waals surface area contributed by atoms with Gasteiger partial charge in [-0.05, 0) is 18.1 Å². The van der Waals surface area contributed by atoms with Gasteiger partial charge in [-0.25, -0.2) is 4.68 Å². The van der Waals surface area contributed by atoms with Gasteiger partial charge in [0.25, 0.3) is 0 Å². The molecule has 5 heteroatoms. The summed E-state index contributed by atoms with van der Waals surface area (Å²) in [5.74, 6) is 1.17. The van der Waals surface area contributed by atoms with E-state index < -0.39 is 0 Å². The molecule has 0 aliphatic heterocycles. The third kappa shape index (κ3) is 3.57. The van der Waals surface area contributed by atoms with Crippen LogP contribution in [0.15, 0.2) is 30.3 Å². The van der Waals surface area contributed by atoms with Crippen LogP contribution in [-0.4, -0.2) is 26.7 Å². The number of aliphatic hydroxyl groups is 1. The first kappa shape index (κ1) is 14.5. The lowest BCUT2D eigenvalue weighted by atomic mass is 10.1. The van der Waals surface area contributed by atoms with Crippen molar-refractivity contribution in [3.63, 3.8) is 0 Å². The van der Waals surface area contributed by atoms with Gasteiger partial charge in [0, 0.05) is 13.0 Å². The summed E-state index contributed by atoms with van der Waals surface area (Å²) in [6.45, 7) is 5.47. The lowest BCUT2D eigenvalue weighted by Gasteiger charge is -2.11. The molecule has 2 rings (SSSR count). The molecule has 1 N–H and O–H groups in total. The van der Waals surface area contributed by atoms with E-state index in [0.717, 1.165) is 24.4 Å². The van der Waals surface area contributed by atoms with Crippen molar-refractivity contribution in [1.82, 2.24) is 15.0 Å². The summed E-state index contributed by atoms with van der Waals surface area (Å²) in [6, 6.07) is 9.76. The number of para-hydroxylation sites is 1. The topological polar surface area (TPSA) is 60.2 Å². The van der Waals surface area contributed by atoms with Crippen molar-refractivity contribution < 1.29 is 9.84 Å². The fourth-order valence-electron chi connectivity index (χ4n) is 2.19. The van der Waals surface area contributed by atoms with Gasteiger partial charge < -0.3 is 9.84 Å². The minimum atomic E-state index is -0.0615. The zero-order valence-electron chi connectivity index (χ0n) is 12.0. The number of aliphatic hydroxyl groups excluding tert-OH is 1. The van der Waals surface area contributed by atoms with Gasteiger partial charge in [-0.15, -0.1) is 5.10 Å². The first-order chi connectivity index (χ1) is 9.72. The molecule has 0 aliphatic rings. The SMILES string of the molecule is CC(C)c1c(CO)nnn1CCCOc1ccccc1. The molecule has 0 atom stereocenters. The molecule has 0 aliphatic carbocycles. The number of hydrogen-bond donors (Lipinski definition) is 1. The number of nitrogens with zero attached hydrogens (tertiary/aromatic N) is 3. The normalized spacial score (nSPS) is 11.0. The third-order valence-electron chi connectivity index (χ3n) is 3.07. The van der Waals surface area contributed by atoms with E-state index >= 15 is 0 Å². The second-order valence-electron chi connectivity index (χ2n) is 4.97. The van der Waals surface area contributed by atoms with Crippen LogP contribution in [0.4, 0.5) is 0 Å². The van der Waals surface area contributed by atoms with Crippen LogP contribution < -0.4 is 4.74 Å². The van der Waals surface area contributed by atoms with E-state index in [1.54, 1.807) is 0 Å². The zero-order chi connectivity index (χ0) is 14.4. The van der Waals surface area contributed by atoms with Crippen LogP contribution in [-0.2, 0) is 13.2 Å². The first-order valence-electron chi connectivity index (χ1n) is 6.93. The van der Waals surface area contributed by atoms with Gasteiger partial charge >= 0.3 is 0 Å². The Hall–Kier alpha value is -1.88. The third-order valence-corrected chi connectivity index (χ3v) is 3.07. The van der Waals surface area contributed by atoms with E-state index in [-0.39, 0.29) is 6.61 Å². The molecule has 0 radical (unpaired) electrons. The van der Waals surface area contributed by atoms with Crippen LogP contribution in [0.2, 0.25) is 0 Å². The molecule has 0 amide bonds. The van der Waals surface area contributed by atoms with E-state index in [4.69, 9.17) is 4.74 Å². The predicted octanol–water partition coefficient (Wildman–Crippen LogP) is 2.36. The van der Waals surface area contributed by atoms with E-state index in [1.807, 2.05) is 35.0 Å². The summed E-state index contributed by atoms with van der Waals surface area (Å²) in [6.07, 6.45) is 0.850. The highest BCUT2D eigenvalue weighted by molar-refractivity contribution is 5.20. The number of benzene rings is 1. The van der Waals surface area contributed by atoms with Crippen LogP contribution in [0, 0.1) is 0 Å². The van der Waals surface area contributed by atoms with Crippen LogP contribution in [0.25, 0.3) is 0 Å². The standard InChI is InChI=1S/C15H21N3O2/c1-12(2)15-14(11-19)16-17-18(15)9-6-10-20-13-7-4-3-5-8-13/h3-5,7-8,12,19H,6,9-11H2,1-2H3. The van der Waals surface area contributed by atoms with Crippen molar-refractivity contribution in [3.8, 4) is 5.75 Å². The maximum Gasteiger partial charge on any atom is 0.119 e. The fourth-order valence-corrected chi connectivity index (χ4v) is 2.19. The Morgan fingerprint density at radius 1 is 1.25 bits per heavy atom. The Bertz CT molecular complexity index is 523. The summed E-state index contributed by atoms with van der Waals surface area (Å²) in [5.41, 5.74) is 1.68. The molecule has 108 valence electrons. The number of rotatable bonds is 7. The van der Waals surface area contributed by atoms with Crippen molar-refractivity contribution in [2.24, 2.45) is 0 Å². The van der Waals surface area contributed by atoms with Crippen LogP contribution in [0.5, 0.6) is 5.75 Å². The number of aromatic nitrogens is 3. The Labute approximate surface area is 119 Å². The molecule has 1 aromatic heterocycles. The monoisotopic (exact) mass is 275 g/mol. The summed E-state index contributed by atoms with van der Waals surface area (Å²) in [4.78, 5) is 0. The van der Waals surface area contributed by atoms with Gasteiger partial charge in [-0.2, -0.15) is 0 Å². The minimum Gasteiger partial charge on any atom is -0.494 e. The van der Waals surface area contributed by atoms with Crippen molar-refractivity contribution in [3.05, 3.63) is 41.7 Å². The minimum absolute atomic E-state index is 0.0615. The Morgan fingerprint density at radius 2 is 2.00 bits per heavy atom. The van der Waals surface area contributed by atoms with Crippen molar-refractivity contribution in [1.29, 1.82) is 0 Å². The molecule has 5 nitrogen and oxygen atoms in total. The number of hydrogen-bond acceptors (Lipinski definition) is 4. The smallest absolute Gasteiger partial charge is 0.119 e.